The summed E-state index contributed by atoms with van der Waals surface area (Å²) in [6, 6.07) is 3.31. The monoisotopic (exact) mass is 273 g/mol. The van der Waals surface area contributed by atoms with Gasteiger partial charge in [0.25, 0.3) is 6.43 Å². The van der Waals surface area contributed by atoms with Crippen molar-refractivity contribution in [2.75, 3.05) is 0 Å². The molecular formula is C15H13F2N3. The van der Waals surface area contributed by atoms with E-state index in [0.717, 1.165) is 16.3 Å². The van der Waals surface area contributed by atoms with Gasteiger partial charge in [-0.25, -0.2) is 8.78 Å². The van der Waals surface area contributed by atoms with Crippen LogP contribution >= 0.6 is 0 Å². The second-order valence-electron chi connectivity index (χ2n) is 4.82. The Hall–Kier alpha value is -2.30. The van der Waals surface area contributed by atoms with Gasteiger partial charge in [-0.1, -0.05) is 0 Å². The fourth-order valence-corrected chi connectivity index (χ4v) is 2.37. The van der Waals surface area contributed by atoms with E-state index >= 15 is 0 Å². The van der Waals surface area contributed by atoms with Gasteiger partial charge in [-0.3, -0.25) is 9.67 Å². The maximum absolute atomic E-state index is 13.3. The van der Waals surface area contributed by atoms with Crippen molar-refractivity contribution in [1.29, 1.82) is 0 Å². The molecule has 20 heavy (non-hydrogen) atoms. The minimum absolute atomic E-state index is 0.0276. The number of rotatable bonds is 2. The molecule has 0 unspecified atom stereocenters. The zero-order chi connectivity index (χ0) is 14.3. The first kappa shape index (κ1) is 12.7. The summed E-state index contributed by atoms with van der Waals surface area (Å²) in [7, 11) is 1.76. The van der Waals surface area contributed by atoms with Gasteiger partial charge in [0, 0.05) is 42.2 Å². The number of fused-ring (bicyclic) bond motifs is 1. The van der Waals surface area contributed by atoms with Crippen molar-refractivity contribution < 1.29 is 8.78 Å². The Morgan fingerprint density at radius 1 is 1.15 bits per heavy atom. The first-order chi connectivity index (χ1) is 9.56. The van der Waals surface area contributed by atoms with E-state index in [2.05, 4.69) is 10.1 Å². The van der Waals surface area contributed by atoms with Crippen LogP contribution in [0.4, 0.5) is 8.78 Å². The molecule has 0 aliphatic heterocycles. The highest BCUT2D eigenvalue weighted by atomic mass is 19.3. The zero-order valence-electron chi connectivity index (χ0n) is 11.1. The van der Waals surface area contributed by atoms with E-state index in [-0.39, 0.29) is 5.56 Å². The molecule has 0 aliphatic rings. The third-order valence-corrected chi connectivity index (χ3v) is 3.38. The predicted molar refractivity (Wildman–Crippen MR) is 73.6 cm³/mol. The lowest BCUT2D eigenvalue weighted by Gasteiger charge is -2.11. The van der Waals surface area contributed by atoms with Crippen LogP contribution in [0.2, 0.25) is 0 Å². The smallest absolute Gasteiger partial charge is 0.264 e. The van der Waals surface area contributed by atoms with Gasteiger partial charge in [0.05, 0.1) is 6.20 Å². The van der Waals surface area contributed by atoms with Gasteiger partial charge in [-0.15, -0.1) is 0 Å². The van der Waals surface area contributed by atoms with Gasteiger partial charge in [0.15, 0.2) is 0 Å². The second kappa shape index (κ2) is 4.67. The summed E-state index contributed by atoms with van der Waals surface area (Å²) in [6.07, 6.45) is 4.17. The first-order valence-electron chi connectivity index (χ1n) is 6.21. The Labute approximate surface area is 114 Å². The van der Waals surface area contributed by atoms with E-state index in [9.17, 15) is 8.78 Å². The molecule has 2 heterocycles. The van der Waals surface area contributed by atoms with Gasteiger partial charge in [0.1, 0.15) is 0 Å². The van der Waals surface area contributed by atoms with E-state index in [1.807, 2.05) is 6.92 Å². The van der Waals surface area contributed by atoms with Crippen LogP contribution in [0.25, 0.3) is 21.9 Å². The van der Waals surface area contributed by atoms with Crippen molar-refractivity contribution in [3.63, 3.8) is 0 Å². The van der Waals surface area contributed by atoms with E-state index in [0.29, 0.717) is 11.1 Å². The summed E-state index contributed by atoms with van der Waals surface area (Å²) in [5.74, 6) is 0. The summed E-state index contributed by atoms with van der Waals surface area (Å²) in [5, 5.41) is 5.71. The number of hydrogen-bond acceptors (Lipinski definition) is 2. The summed E-state index contributed by atoms with van der Waals surface area (Å²) in [4.78, 5) is 4.12. The van der Waals surface area contributed by atoms with Gasteiger partial charge in [0.2, 0.25) is 0 Å². The van der Waals surface area contributed by atoms with Gasteiger partial charge < -0.3 is 0 Å². The molecule has 1 aromatic carbocycles. The van der Waals surface area contributed by atoms with E-state index in [1.54, 1.807) is 48.6 Å². The molecule has 0 aliphatic carbocycles. The highest BCUT2D eigenvalue weighted by molar-refractivity contribution is 5.90. The minimum Gasteiger partial charge on any atom is -0.275 e. The SMILES string of the molecule is Cc1cncc2cc(-c3cnn(C)c3)c(C(F)F)cc12. The molecule has 0 saturated carbocycles. The average molecular weight is 273 g/mol. The lowest BCUT2D eigenvalue weighted by atomic mass is 9.97. The summed E-state index contributed by atoms with van der Waals surface area (Å²) < 4.78 is 28.3. The van der Waals surface area contributed by atoms with E-state index in [4.69, 9.17) is 0 Å². The molecule has 0 spiro atoms. The third-order valence-electron chi connectivity index (χ3n) is 3.38. The second-order valence-corrected chi connectivity index (χ2v) is 4.82. The van der Waals surface area contributed by atoms with Crippen molar-refractivity contribution in [2.45, 2.75) is 13.3 Å². The fraction of sp³-hybridized carbons (Fsp3) is 0.200. The van der Waals surface area contributed by atoms with Crippen LogP contribution in [0.1, 0.15) is 17.6 Å². The van der Waals surface area contributed by atoms with Gasteiger partial charge >= 0.3 is 0 Å². The number of halogens is 2. The molecule has 2 aromatic heterocycles. The van der Waals surface area contributed by atoms with Crippen LogP contribution in [-0.2, 0) is 7.05 Å². The topological polar surface area (TPSA) is 30.7 Å². The number of alkyl halides is 2. The Morgan fingerprint density at radius 3 is 2.60 bits per heavy atom. The summed E-state index contributed by atoms with van der Waals surface area (Å²) in [6.45, 7) is 1.87. The largest absolute Gasteiger partial charge is 0.275 e. The molecule has 102 valence electrons. The highest BCUT2D eigenvalue weighted by Gasteiger charge is 2.17. The Morgan fingerprint density at radius 2 is 1.95 bits per heavy atom. The van der Waals surface area contributed by atoms with Crippen LogP contribution in [-0.4, -0.2) is 14.8 Å². The molecule has 0 radical (unpaired) electrons. The minimum atomic E-state index is -2.53. The zero-order valence-corrected chi connectivity index (χ0v) is 11.1. The molecule has 0 bridgehead atoms. The van der Waals surface area contributed by atoms with Gasteiger partial charge in [-0.2, -0.15) is 5.10 Å². The maximum atomic E-state index is 13.3. The van der Waals surface area contributed by atoms with Crippen molar-refractivity contribution in [1.82, 2.24) is 14.8 Å². The van der Waals surface area contributed by atoms with Crippen LogP contribution in [0.3, 0.4) is 0 Å². The number of pyridine rings is 1. The van der Waals surface area contributed by atoms with Gasteiger partial charge in [-0.05, 0) is 35.6 Å². The fourth-order valence-electron chi connectivity index (χ4n) is 2.37. The Kier molecular flexibility index (Phi) is 2.97. The molecular weight excluding hydrogens is 260 g/mol. The van der Waals surface area contributed by atoms with Crippen LogP contribution < -0.4 is 0 Å². The lowest BCUT2D eigenvalue weighted by Crippen LogP contribution is -1.92. The average Bonchev–Trinajstić information content (AvgIpc) is 2.84. The maximum Gasteiger partial charge on any atom is 0.264 e. The Bertz CT molecular complexity index is 778. The summed E-state index contributed by atoms with van der Waals surface area (Å²) >= 11 is 0. The molecule has 3 rings (SSSR count). The molecule has 0 amide bonds. The third kappa shape index (κ3) is 2.05. The molecule has 0 atom stereocenters. The van der Waals surface area contributed by atoms with Crippen molar-refractivity contribution >= 4 is 10.8 Å². The summed E-state index contributed by atoms with van der Waals surface area (Å²) in [5.41, 5.74) is 2.11. The molecule has 5 heteroatoms. The normalized spacial score (nSPS) is 11.4. The number of benzene rings is 1. The van der Waals surface area contributed by atoms with Crippen LogP contribution in [0, 0.1) is 6.92 Å². The van der Waals surface area contributed by atoms with E-state index < -0.39 is 6.43 Å². The molecule has 3 aromatic rings. The van der Waals surface area contributed by atoms with Crippen molar-refractivity contribution in [3.8, 4) is 11.1 Å². The van der Waals surface area contributed by atoms with Crippen molar-refractivity contribution in [2.24, 2.45) is 7.05 Å². The number of nitrogens with zero attached hydrogens (tertiary/aromatic N) is 3. The number of aromatic nitrogens is 3. The molecule has 0 N–H and O–H groups in total. The molecule has 0 saturated heterocycles. The van der Waals surface area contributed by atoms with Crippen molar-refractivity contribution in [3.05, 3.63) is 48.0 Å². The quantitative estimate of drug-likeness (QED) is 0.709. The molecule has 0 fully saturated rings. The molecule has 3 nitrogen and oxygen atoms in total. The Balaban J connectivity index is 2.32. The standard InChI is InChI=1S/C15H13F2N3/c1-9-5-18-6-10-3-13(11-7-19-20(2)8-11)14(15(16)17)4-12(9)10/h3-8,15H,1-2H3. The lowest BCUT2D eigenvalue weighted by molar-refractivity contribution is 0.152. The first-order valence-corrected chi connectivity index (χ1v) is 6.21. The predicted octanol–water partition coefficient (Wildman–Crippen LogP) is 3.88. The highest BCUT2D eigenvalue weighted by Crippen LogP contribution is 2.35. The van der Waals surface area contributed by atoms with E-state index in [1.165, 1.54) is 0 Å². The number of aryl methyl sites for hydroxylation is 2. The number of hydrogen-bond donors (Lipinski definition) is 0. The van der Waals surface area contributed by atoms with Crippen LogP contribution in [0.5, 0.6) is 0 Å². The van der Waals surface area contributed by atoms with Crippen LogP contribution in [0.15, 0.2) is 36.9 Å².